The molecule has 8 nitrogen and oxygen atoms in total. The number of nitrogens with zero attached hydrogens (tertiary/aromatic N) is 5. The molecular formula is C16H23N7O. The van der Waals surface area contributed by atoms with Gasteiger partial charge in [0.2, 0.25) is 5.91 Å². The van der Waals surface area contributed by atoms with E-state index in [4.69, 9.17) is 0 Å². The molecule has 1 aliphatic carbocycles. The van der Waals surface area contributed by atoms with Gasteiger partial charge in [0, 0.05) is 43.7 Å². The van der Waals surface area contributed by atoms with Crippen LogP contribution in [0.25, 0.3) is 0 Å². The van der Waals surface area contributed by atoms with Gasteiger partial charge in [-0.05, 0) is 19.8 Å². The number of H-pyrrole nitrogens is 1. The minimum Gasteiger partial charge on any atom is -0.337 e. The number of carbonyl (C=O) groups excluding carboxylic acids is 1. The molecule has 24 heavy (non-hydrogen) atoms. The zero-order valence-corrected chi connectivity index (χ0v) is 14.3. The van der Waals surface area contributed by atoms with Crippen LogP contribution in [0.15, 0.2) is 6.20 Å². The van der Waals surface area contributed by atoms with Crippen molar-refractivity contribution in [3.63, 3.8) is 0 Å². The largest absolute Gasteiger partial charge is 0.337 e. The van der Waals surface area contributed by atoms with Gasteiger partial charge in [-0.1, -0.05) is 0 Å². The molecule has 1 amide bonds. The molecule has 0 aromatic carbocycles. The summed E-state index contributed by atoms with van der Waals surface area (Å²) in [7, 11) is 3.78. The molecule has 2 aromatic heterocycles. The highest BCUT2D eigenvalue weighted by Gasteiger charge is 2.40. The van der Waals surface area contributed by atoms with E-state index in [-0.39, 0.29) is 18.0 Å². The number of hydrogen-bond donors (Lipinski definition) is 2. The maximum absolute atomic E-state index is 12.2. The Bertz CT molecular complexity index is 760. The van der Waals surface area contributed by atoms with E-state index in [2.05, 4.69) is 25.6 Å². The molecule has 2 aromatic rings. The van der Waals surface area contributed by atoms with Crippen molar-refractivity contribution in [2.24, 2.45) is 7.05 Å². The maximum Gasteiger partial charge on any atom is 0.224 e. The Balaban J connectivity index is 1.49. The van der Waals surface area contributed by atoms with E-state index < -0.39 is 0 Å². The van der Waals surface area contributed by atoms with E-state index in [9.17, 15) is 4.79 Å². The molecule has 128 valence electrons. The first-order valence-electron chi connectivity index (χ1n) is 8.43. The Morgan fingerprint density at radius 3 is 2.83 bits per heavy atom. The van der Waals surface area contributed by atoms with E-state index in [0.29, 0.717) is 18.9 Å². The number of aromatic amines is 1. The molecule has 1 saturated carbocycles. The minimum atomic E-state index is -0.00276. The van der Waals surface area contributed by atoms with Crippen LogP contribution in [-0.2, 0) is 18.4 Å². The summed E-state index contributed by atoms with van der Waals surface area (Å²) in [5.41, 5.74) is 2.18. The molecule has 2 aliphatic rings. The van der Waals surface area contributed by atoms with Crippen molar-refractivity contribution in [2.45, 2.75) is 50.7 Å². The summed E-state index contributed by atoms with van der Waals surface area (Å²) in [4.78, 5) is 18.6. The number of likely N-dealkylation sites (N-methyl/N-ethyl adjacent to an activating group) is 1. The SMILES string of the molecule is Cc1c([C@H]2[C@H](NCc3nc(C4CC4)n[nH]3)CC(=O)N2C)cnn1C. The van der Waals surface area contributed by atoms with Crippen molar-refractivity contribution < 1.29 is 4.79 Å². The van der Waals surface area contributed by atoms with E-state index in [0.717, 1.165) is 22.9 Å². The van der Waals surface area contributed by atoms with E-state index in [1.54, 1.807) is 0 Å². The second-order valence-electron chi connectivity index (χ2n) is 6.86. The fourth-order valence-corrected chi connectivity index (χ4v) is 3.43. The summed E-state index contributed by atoms with van der Waals surface area (Å²) in [6.45, 7) is 2.62. The lowest BCUT2D eigenvalue weighted by atomic mass is 10.0. The van der Waals surface area contributed by atoms with Crippen molar-refractivity contribution in [1.29, 1.82) is 0 Å². The van der Waals surface area contributed by atoms with Crippen molar-refractivity contribution >= 4 is 5.91 Å². The van der Waals surface area contributed by atoms with Crippen LogP contribution in [0.5, 0.6) is 0 Å². The van der Waals surface area contributed by atoms with Crippen LogP contribution in [0.2, 0.25) is 0 Å². The lowest BCUT2D eigenvalue weighted by Crippen LogP contribution is -2.35. The van der Waals surface area contributed by atoms with E-state index in [1.165, 1.54) is 12.8 Å². The molecule has 2 fully saturated rings. The normalized spacial score (nSPS) is 24.1. The average Bonchev–Trinajstić information content (AvgIpc) is 3.14. The Hall–Kier alpha value is -2.22. The summed E-state index contributed by atoms with van der Waals surface area (Å²) in [5.74, 6) is 2.45. The number of likely N-dealkylation sites (tertiary alicyclic amines) is 1. The smallest absolute Gasteiger partial charge is 0.224 e. The van der Waals surface area contributed by atoms with Crippen molar-refractivity contribution in [3.05, 3.63) is 29.1 Å². The fourth-order valence-electron chi connectivity index (χ4n) is 3.43. The molecule has 0 unspecified atom stereocenters. The van der Waals surface area contributed by atoms with E-state index >= 15 is 0 Å². The van der Waals surface area contributed by atoms with Gasteiger partial charge in [0.15, 0.2) is 5.82 Å². The van der Waals surface area contributed by atoms with Crippen molar-refractivity contribution in [2.75, 3.05) is 7.05 Å². The lowest BCUT2D eigenvalue weighted by Gasteiger charge is -2.25. The van der Waals surface area contributed by atoms with Gasteiger partial charge < -0.3 is 10.2 Å². The Labute approximate surface area is 140 Å². The number of aromatic nitrogens is 5. The summed E-state index contributed by atoms with van der Waals surface area (Å²) in [5, 5.41) is 15.1. The van der Waals surface area contributed by atoms with Gasteiger partial charge in [0.25, 0.3) is 0 Å². The zero-order valence-electron chi connectivity index (χ0n) is 14.3. The average molecular weight is 329 g/mol. The molecule has 0 radical (unpaired) electrons. The number of hydrogen-bond acceptors (Lipinski definition) is 5. The summed E-state index contributed by atoms with van der Waals surface area (Å²) in [6.07, 6.45) is 4.73. The number of amides is 1. The highest BCUT2D eigenvalue weighted by Crippen LogP contribution is 2.38. The topological polar surface area (TPSA) is 91.7 Å². The first-order chi connectivity index (χ1) is 11.5. The second kappa shape index (κ2) is 5.70. The predicted molar refractivity (Wildman–Crippen MR) is 87.1 cm³/mol. The third-order valence-electron chi connectivity index (χ3n) is 5.20. The fraction of sp³-hybridized carbons (Fsp3) is 0.625. The van der Waals surface area contributed by atoms with Gasteiger partial charge in [-0.25, -0.2) is 4.98 Å². The Kier molecular flexibility index (Phi) is 3.64. The first-order valence-corrected chi connectivity index (χ1v) is 8.43. The number of carbonyl (C=O) groups is 1. The third-order valence-corrected chi connectivity index (χ3v) is 5.20. The van der Waals surface area contributed by atoms with Crippen molar-refractivity contribution in [1.82, 2.24) is 35.2 Å². The summed E-state index contributed by atoms with van der Waals surface area (Å²) in [6, 6.07) is 0.0388. The monoisotopic (exact) mass is 329 g/mol. The van der Waals surface area contributed by atoms with Crippen LogP contribution >= 0.6 is 0 Å². The van der Waals surface area contributed by atoms with Crippen LogP contribution in [0.3, 0.4) is 0 Å². The van der Waals surface area contributed by atoms with Gasteiger partial charge in [-0.2, -0.15) is 10.2 Å². The zero-order chi connectivity index (χ0) is 16.8. The predicted octanol–water partition coefficient (Wildman–Crippen LogP) is 0.786. The number of rotatable bonds is 5. The van der Waals surface area contributed by atoms with Crippen LogP contribution in [-0.4, -0.2) is 48.9 Å². The minimum absolute atomic E-state index is 0.00276. The number of aryl methyl sites for hydroxylation is 1. The molecular weight excluding hydrogens is 306 g/mol. The molecule has 1 saturated heterocycles. The number of nitrogens with one attached hydrogen (secondary N) is 2. The van der Waals surface area contributed by atoms with Crippen LogP contribution in [0, 0.1) is 6.92 Å². The Morgan fingerprint density at radius 2 is 2.17 bits per heavy atom. The lowest BCUT2D eigenvalue weighted by molar-refractivity contribution is -0.127. The summed E-state index contributed by atoms with van der Waals surface area (Å²) >= 11 is 0. The van der Waals surface area contributed by atoms with Gasteiger partial charge in [0.1, 0.15) is 5.82 Å². The highest BCUT2D eigenvalue weighted by atomic mass is 16.2. The van der Waals surface area contributed by atoms with Gasteiger partial charge in [0.05, 0.1) is 18.8 Å². The standard InChI is InChI=1S/C16H23N7O/c1-9-11(7-18-23(9)3)15-12(6-14(24)22(15)2)17-8-13-19-16(21-20-13)10-4-5-10/h7,10,12,15,17H,4-6,8H2,1-3H3,(H,19,20,21)/t12-,15+/m1/s1. The highest BCUT2D eigenvalue weighted by molar-refractivity contribution is 5.80. The molecule has 3 heterocycles. The Morgan fingerprint density at radius 1 is 1.38 bits per heavy atom. The van der Waals surface area contributed by atoms with Crippen LogP contribution in [0.4, 0.5) is 0 Å². The molecule has 2 N–H and O–H groups in total. The molecule has 0 bridgehead atoms. The molecule has 4 rings (SSSR count). The quantitative estimate of drug-likeness (QED) is 0.846. The second-order valence-corrected chi connectivity index (χ2v) is 6.86. The molecule has 1 aliphatic heterocycles. The molecule has 8 heteroatoms. The maximum atomic E-state index is 12.2. The van der Waals surface area contributed by atoms with Crippen molar-refractivity contribution in [3.8, 4) is 0 Å². The summed E-state index contributed by atoms with van der Waals surface area (Å²) < 4.78 is 1.85. The molecule has 0 spiro atoms. The first kappa shape index (κ1) is 15.3. The van der Waals surface area contributed by atoms with Gasteiger partial charge in [-0.15, -0.1) is 0 Å². The van der Waals surface area contributed by atoms with Gasteiger partial charge in [-0.3, -0.25) is 14.6 Å². The molecule has 2 atom stereocenters. The third kappa shape index (κ3) is 2.60. The van der Waals surface area contributed by atoms with E-state index in [1.807, 2.05) is 36.8 Å². The van der Waals surface area contributed by atoms with Gasteiger partial charge >= 0.3 is 0 Å². The van der Waals surface area contributed by atoms with Crippen LogP contribution in [0.1, 0.15) is 54.1 Å². The van der Waals surface area contributed by atoms with Crippen LogP contribution < -0.4 is 5.32 Å².